The number of rotatable bonds is 5. The van der Waals surface area contributed by atoms with Crippen LogP contribution in [0.2, 0.25) is 0 Å². The number of fused-ring (bicyclic) bond motifs is 1. The van der Waals surface area contributed by atoms with Gasteiger partial charge in [-0.15, -0.1) is 0 Å². The molecule has 0 fully saturated rings. The average Bonchev–Trinajstić information content (AvgIpc) is 2.62. The lowest BCUT2D eigenvalue weighted by molar-refractivity contribution is -0.120. The summed E-state index contributed by atoms with van der Waals surface area (Å²) in [7, 11) is 3.01. The highest BCUT2D eigenvalue weighted by Crippen LogP contribution is 2.39. The number of amides is 1. The van der Waals surface area contributed by atoms with Crippen molar-refractivity contribution in [1.82, 2.24) is 4.90 Å². The molecule has 0 radical (unpaired) electrons. The second-order valence-electron chi connectivity index (χ2n) is 6.04. The van der Waals surface area contributed by atoms with E-state index in [9.17, 15) is 15.0 Å². The lowest BCUT2D eigenvalue weighted by Crippen LogP contribution is -2.35. The van der Waals surface area contributed by atoms with E-state index in [-0.39, 0.29) is 17.5 Å². The molecule has 3 rings (SSSR count). The van der Waals surface area contributed by atoms with Crippen LogP contribution in [0.15, 0.2) is 30.3 Å². The van der Waals surface area contributed by atoms with Crippen LogP contribution in [0.4, 0.5) is 0 Å². The molecule has 1 unspecified atom stereocenters. The van der Waals surface area contributed by atoms with Crippen LogP contribution in [-0.4, -0.2) is 42.3 Å². The van der Waals surface area contributed by atoms with Gasteiger partial charge in [0, 0.05) is 6.54 Å². The molecule has 1 heterocycles. The maximum Gasteiger partial charge on any atom is 0.210 e. The van der Waals surface area contributed by atoms with Gasteiger partial charge < -0.3 is 24.6 Å². The maximum absolute atomic E-state index is 11.5. The Balaban J connectivity index is 1.98. The van der Waals surface area contributed by atoms with Gasteiger partial charge in [-0.05, 0) is 53.8 Å². The fraction of sp³-hybridized carbons (Fsp3) is 0.316. The molecule has 0 aliphatic carbocycles. The third kappa shape index (κ3) is 3.20. The van der Waals surface area contributed by atoms with E-state index >= 15 is 0 Å². The van der Waals surface area contributed by atoms with Crippen molar-refractivity contribution in [3.63, 3.8) is 0 Å². The molecule has 2 aromatic rings. The molecule has 132 valence electrons. The van der Waals surface area contributed by atoms with Crippen LogP contribution in [0.25, 0.3) is 0 Å². The van der Waals surface area contributed by atoms with E-state index in [1.54, 1.807) is 23.1 Å². The Labute approximate surface area is 146 Å². The smallest absolute Gasteiger partial charge is 0.210 e. The van der Waals surface area contributed by atoms with Gasteiger partial charge in [-0.3, -0.25) is 4.79 Å². The summed E-state index contributed by atoms with van der Waals surface area (Å²) in [6.07, 6.45) is 2.06. The SMILES string of the molecule is COc1ccc(CC2c3cc(O)c(OC)cc3CCN2C=O)cc1O. The minimum Gasteiger partial charge on any atom is -0.504 e. The molecular formula is C19H21NO5. The second kappa shape index (κ2) is 6.93. The number of methoxy groups -OCH3 is 2. The van der Waals surface area contributed by atoms with E-state index in [0.717, 1.165) is 23.1 Å². The summed E-state index contributed by atoms with van der Waals surface area (Å²) in [5.41, 5.74) is 2.82. The van der Waals surface area contributed by atoms with Gasteiger partial charge in [0.2, 0.25) is 6.41 Å². The van der Waals surface area contributed by atoms with Crippen molar-refractivity contribution < 1.29 is 24.5 Å². The Hall–Kier alpha value is -2.89. The van der Waals surface area contributed by atoms with E-state index in [1.807, 2.05) is 12.1 Å². The van der Waals surface area contributed by atoms with Crippen LogP contribution in [-0.2, 0) is 17.6 Å². The molecular weight excluding hydrogens is 322 g/mol. The van der Waals surface area contributed by atoms with Crippen molar-refractivity contribution in [2.24, 2.45) is 0 Å². The topological polar surface area (TPSA) is 79.2 Å². The summed E-state index contributed by atoms with van der Waals surface area (Å²) in [5, 5.41) is 20.1. The third-order valence-corrected chi connectivity index (χ3v) is 4.65. The van der Waals surface area contributed by atoms with Crippen molar-refractivity contribution in [2.75, 3.05) is 20.8 Å². The highest BCUT2D eigenvalue weighted by atomic mass is 16.5. The predicted octanol–water partition coefficient (Wildman–Crippen LogP) is 2.41. The molecule has 2 aromatic carbocycles. The minimum absolute atomic E-state index is 0.0524. The minimum atomic E-state index is -0.217. The summed E-state index contributed by atoms with van der Waals surface area (Å²) in [6.45, 7) is 0.594. The van der Waals surface area contributed by atoms with Gasteiger partial charge in [0.15, 0.2) is 23.0 Å². The van der Waals surface area contributed by atoms with Crippen molar-refractivity contribution in [3.05, 3.63) is 47.0 Å². The number of hydrogen-bond donors (Lipinski definition) is 2. The normalized spacial score (nSPS) is 16.2. The second-order valence-corrected chi connectivity index (χ2v) is 6.04. The lowest BCUT2D eigenvalue weighted by atomic mass is 9.88. The maximum atomic E-state index is 11.5. The molecule has 0 spiro atoms. The van der Waals surface area contributed by atoms with E-state index in [1.165, 1.54) is 14.2 Å². The third-order valence-electron chi connectivity index (χ3n) is 4.65. The molecule has 6 nitrogen and oxygen atoms in total. The van der Waals surface area contributed by atoms with Crippen LogP contribution in [0.3, 0.4) is 0 Å². The van der Waals surface area contributed by atoms with Gasteiger partial charge in [-0.25, -0.2) is 0 Å². The molecule has 1 amide bonds. The van der Waals surface area contributed by atoms with Crippen molar-refractivity contribution in [2.45, 2.75) is 18.9 Å². The molecule has 6 heteroatoms. The highest BCUT2D eigenvalue weighted by molar-refractivity contribution is 5.55. The number of carbonyl (C=O) groups excluding carboxylic acids is 1. The van der Waals surface area contributed by atoms with Crippen molar-refractivity contribution >= 4 is 6.41 Å². The molecule has 0 aromatic heterocycles. The highest BCUT2D eigenvalue weighted by Gasteiger charge is 2.28. The largest absolute Gasteiger partial charge is 0.504 e. The Morgan fingerprint density at radius 2 is 1.84 bits per heavy atom. The standard InChI is InChI=1S/C19H21NO5/c1-24-18-4-3-12(8-16(18)22)7-15-14-10-17(23)19(25-2)9-13(14)5-6-20(15)11-21/h3-4,8-11,15,22-23H,5-7H2,1-2H3. The number of aromatic hydroxyl groups is 2. The van der Waals surface area contributed by atoms with E-state index in [0.29, 0.717) is 30.9 Å². The molecule has 0 saturated heterocycles. The lowest BCUT2D eigenvalue weighted by Gasteiger charge is -2.35. The Bertz CT molecular complexity index is 790. The predicted molar refractivity (Wildman–Crippen MR) is 92.2 cm³/mol. The molecule has 2 N–H and O–H groups in total. The van der Waals surface area contributed by atoms with Crippen LogP contribution < -0.4 is 9.47 Å². The quantitative estimate of drug-likeness (QED) is 0.815. The van der Waals surface area contributed by atoms with Gasteiger partial charge in [-0.1, -0.05) is 6.07 Å². The molecule has 0 bridgehead atoms. The first kappa shape index (κ1) is 17.0. The number of phenolic OH excluding ortho intramolecular Hbond substituents is 2. The number of ether oxygens (including phenoxy) is 2. The molecule has 1 aliphatic rings. The Kier molecular flexibility index (Phi) is 4.70. The number of phenols is 2. The molecule has 1 aliphatic heterocycles. The zero-order valence-corrected chi connectivity index (χ0v) is 14.2. The Morgan fingerprint density at radius 1 is 1.12 bits per heavy atom. The number of nitrogens with zero attached hydrogens (tertiary/aromatic N) is 1. The van der Waals surface area contributed by atoms with Crippen molar-refractivity contribution in [1.29, 1.82) is 0 Å². The molecule has 1 atom stereocenters. The van der Waals surface area contributed by atoms with Gasteiger partial charge >= 0.3 is 0 Å². The fourth-order valence-electron chi connectivity index (χ4n) is 3.34. The molecule has 25 heavy (non-hydrogen) atoms. The first-order chi connectivity index (χ1) is 12.1. The van der Waals surface area contributed by atoms with Gasteiger partial charge in [-0.2, -0.15) is 0 Å². The summed E-state index contributed by atoms with van der Waals surface area (Å²) in [6, 6.07) is 8.47. The zero-order valence-electron chi connectivity index (χ0n) is 14.2. The number of benzene rings is 2. The fourth-order valence-corrected chi connectivity index (χ4v) is 3.34. The van der Waals surface area contributed by atoms with E-state index < -0.39 is 0 Å². The van der Waals surface area contributed by atoms with E-state index in [4.69, 9.17) is 9.47 Å². The van der Waals surface area contributed by atoms with Gasteiger partial charge in [0.25, 0.3) is 0 Å². The average molecular weight is 343 g/mol. The first-order valence-electron chi connectivity index (χ1n) is 8.04. The monoisotopic (exact) mass is 343 g/mol. The number of hydrogen-bond acceptors (Lipinski definition) is 5. The van der Waals surface area contributed by atoms with Gasteiger partial charge in [0.1, 0.15) is 0 Å². The summed E-state index contributed by atoms with van der Waals surface area (Å²) in [5.74, 6) is 0.949. The van der Waals surface area contributed by atoms with Crippen LogP contribution in [0, 0.1) is 0 Å². The zero-order chi connectivity index (χ0) is 18.0. The summed E-state index contributed by atoms with van der Waals surface area (Å²) < 4.78 is 10.2. The first-order valence-corrected chi connectivity index (χ1v) is 8.04. The van der Waals surface area contributed by atoms with E-state index in [2.05, 4.69) is 0 Å². The van der Waals surface area contributed by atoms with Crippen LogP contribution in [0.1, 0.15) is 22.7 Å². The van der Waals surface area contributed by atoms with Crippen LogP contribution in [0.5, 0.6) is 23.0 Å². The summed E-state index contributed by atoms with van der Waals surface area (Å²) in [4.78, 5) is 13.2. The molecule has 0 saturated carbocycles. The summed E-state index contributed by atoms with van der Waals surface area (Å²) >= 11 is 0. The Morgan fingerprint density at radius 3 is 2.48 bits per heavy atom. The van der Waals surface area contributed by atoms with Gasteiger partial charge in [0.05, 0.1) is 20.3 Å². The number of carbonyl (C=O) groups is 1. The van der Waals surface area contributed by atoms with Crippen LogP contribution >= 0.6 is 0 Å². The van der Waals surface area contributed by atoms with Crippen molar-refractivity contribution in [3.8, 4) is 23.0 Å².